The highest BCUT2D eigenvalue weighted by atomic mass is 79.9. The number of rotatable bonds is 3. The zero-order chi connectivity index (χ0) is 10.5. The van der Waals surface area contributed by atoms with Crippen LogP contribution in [0.15, 0.2) is 47.3 Å². The minimum Gasteiger partial charge on any atom is -0.487 e. The third-order valence-electron chi connectivity index (χ3n) is 1.83. The highest BCUT2D eigenvalue weighted by Crippen LogP contribution is 2.18. The molecular weight excluding hydrogens is 256 g/mol. The van der Waals surface area contributed by atoms with E-state index in [1.165, 1.54) is 6.33 Å². The molecule has 0 amide bonds. The first kappa shape index (κ1) is 10.1. The van der Waals surface area contributed by atoms with Gasteiger partial charge in [0, 0.05) is 10.7 Å². The number of halogens is 1. The first-order chi connectivity index (χ1) is 7.34. The predicted octanol–water partition coefficient (Wildman–Crippen LogP) is 2.82. The van der Waals surface area contributed by atoms with E-state index in [4.69, 9.17) is 4.74 Å². The topological polar surface area (TPSA) is 35.0 Å². The lowest BCUT2D eigenvalue weighted by atomic mass is 10.3. The molecule has 0 unspecified atom stereocenters. The van der Waals surface area contributed by atoms with E-state index in [1.807, 2.05) is 30.3 Å². The maximum atomic E-state index is 5.55. The molecule has 0 atom stereocenters. The van der Waals surface area contributed by atoms with Gasteiger partial charge in [-0.1, -0.05) is 22.0 Å². The lowest BCUT2D eigenvalue weighted by Gasteiger charge is -2.05. The van der Waals surface area contributed by atoms with Crippen LogP contribution in [-0.2, 0) is 6.61 Å². The largest absolute Gasteiger partial charge is 0.487 e. The number of aromatic nitrogens is 2. The molecule has 0 saturated carbocycles. The maximum absolute atomic E-state index is 5.55. The number of nitrogens with zero attached hydrogens (tertiary/aromatic N) is 2. The van der Waals surface area contributed by atoms with E-state index in [2.05, 4.69) is 25.9 Å². The third kappa shape index (κ3) is 3.02. The summed E-state index contributed by atoms with van der Waals surface area (Å²) >= 11 is 3.38. The molecule has 0 radical (unpaired) electrons. The second kappa shape index (κ2) is 4.89. The minimum absolute atomic E-state index is 0.457. The number of benzene rings is 1. The van der Waals surface area contributed by atoms with Gasteiger partial charge in [-0.2, -0.15) is 0 Å². The predicted molar refractivity (Wildman–Crippen MR) is 60.5 cm³/mol. The summed E-state index contributed by atoms with van der Waals surface area (Å²) in [6, 6.07) is 9.54. The zero-order valence-electron chi connectivity index (χ0n) is 7.93. The highest BCUT2D eigenvalue weighted by molar-refractivity contribution is 9.10. The van der Waals surface area contributed by atoms with E-state index in [1.54, 1.807) is 6.20 Å². The van der Waals surface area contributed by atoms with Crippen molar-refractivity contribution in [1.82, 2.24) is 9.97 Å². The van der Waals surface area contributed by atoms with Gasteiger partial charge in [-0.25, -0.2) is 9.97 Å². The normalized spacial score (nSPS) is 9.93. The summed E-state index contributed by atoms with van der Waals surface area (Å²) in [6.07, 6.45) is 3.21. The smallest absolute Gasteiger partial charge is 0.130 e. The Kier molecular flexibility index (Phi) is 3.29. The summed E-state index contributed by atoms with van der Waals surface area (Å²) in [4.78, 5) is 7.91. The van der Waals surface area contributed by atoms with Gasteiger partial charge in [0.25, 0.3) is 0 Å². The van der Waals surface area contributed by atoms with Crippen molar-refractivity contribution in [3.05, 3.63) is 53.0 Å². The van der Waals surface area contributed by atoms with Crippen LogP contribution in [0.25, 0.3) is 0 Å². The van der Waals surface area contributed by atoms with Gasteiger partial charge < -0.3 is 4.74 Å². The Morgan fingerprint density at radius 3 is 2.93 bits per heavy atom. The van der Waals surface area contributed by atoms with E-state index in [-0.39, 0.29) is 0 Å². The van der Waals surface area contributed by atoms with Gasteiger partial charge in [0.15, 0.2) is 0 Å². The average molecular weight is 265 g/mol. The molecule has 76 valence electrons. The monoisotopic (exact) mass is 264 g/mol. The fourth-order valence-electron chi connectivity index (χ4n) is 1.12. The molecule has 1 aromatic heterocycles. The number of hydrogen-bond donors (Lipinski definition) is 0. The van der Waals surface area contributed by atoms with Crippen molar-refractivity contribution in [2.24, 2.45) is 0 Å². The van der Waals surface area contributed by atoms with Crippen molar-refractivity contribution < 1.29 is 4.74 Å². The fourth-order valence-corrected chi connectivity index (χ4v) is 1.50. The van der Waals surface area contributed by atoms with Crippen molar-refractivity contribution in [2.45, 2.75) is 6.61 Å². The fraction of sp³-hybridized carbons (Fsp3) is 0.0909. The molecule has 2 rings (SSSR count). The van der Waals surface area contributed by atoms with Crippen LogP contribution < -0.4 is 4.74 Å². The molecule has 0 spiro atoms. The van der Waals surface area contributed by atoms with Gasteiger partial charge >= 0.3 is 0 Å². The van der Waals surface area contributed by atoms with Crippen molar-refractivity contribution >= 4 is 15.9 Å². The summed E-state index contributed by atoms with van der Waals surface area (Å²) < 4.78 is 6.56. The standard InChI is InChI=1S/C11H9BrN2O/c12-9-2-1-3-11(6-9)15-7-10-4-5-13-8-14-10/h1-6,8H,7H2. The molecule has 3 nitrogen and oxygen atoms in total. The average Bonchev–Trinajstić information content (AvgIpc) is 2.28. The summed E-state index contributed by atoms with van der Waals surface area (Å²) in [5, 5.41) is 0. The summed E-state index contributed by atoms with van der Waals surface area (Å²) in [5.41, 5.74) is 0.866. The Labute approximate surface area is 96.3 Å². The molecule has 0 saturated heterocycles. The molecular formula is C11H9BrN2O. The second-order valence-electron chi connectivity index (χ2n) is 2.95. The van der Waals surface area contributed by atoms with Crippen LogP contribution in [0.1, 0.15) is 5.69 Å². The van der Waals surface area contributed by atoms with Gasteiger partial charge in [0.05, 0.1) is 5.69 Å². The number of ether oxygens (including phenoxy) is 1. The van der Waals surface area contributed by atoms with Gasteiger partial charge in [-0.05, 0) is 24.3 Å². The molecule has 0 aliphatic heterocycles. The SMILES string of the molecule is Brc1cccc(OCc2ccncn2)c1. The zero-order valence-corrected chi connectivity index (χ0v) is 9.52. The van der Waals surface area contributed by atoms with E-state index in [0.29, 0.717) is 6.61 Å². The van der Waals surface area contributed by atoms with Crippen LogP contribution >= 0.6 is 15.9 Å². The molecule has 0 aliphatic carbocycles. The molecule has 0 N–H and O–H groups in total. The van der Waals surface area contributed by atoms with Gasteiger partial charge in [-0.3, -0.25) is 0 Å². The van der Waals surface area contributed by atoms with Gasteiger partial charge in [0.2, 0.25) is 0 Å². The Hall–Kier alpha value is -1.42. The molecule has 1 heterocycles. The maximum Gasteiger partial charge on any atom is 0.130 e. The molecule has 1 aromatic carbocycles. The third-order valence-corrected chi connectivity index (χ3v) is 2.32. The van der Waals surface area contributed by atoms with Gasteiger partial charge in [0.1, 0.15) is 18.7 Å². The Bertz CT molecular complexity index is 434. The van der Waals surface area contributed by atoms with Crippen LogP contribution in [0.2, 0.25) is 0 Å². The Morgan fingerprint density at radius 2 is 2.20 bits per heavy atom. The molecule has 0 aliphatic rings. The van der Waals surface area contributed by atoms with E-state index in [0.717, 1.165) is 15.9 Å². The van der Waals surface area contributed by atoms with Crippen LogP contribution in [0, 0.1) is 0 Å². The van der Waals surface area contributed by atoms with E-state index < -0.39 is 0 Å². The van der Waals surface area contributed by atoms with Crippen molar-refractivity contribution in [3.8, 4) is 5.75 Å². The van der Waals surface area contributed by atoms with Crippen molar-refractivity contribution in [3.63, 3.8) is 0 Å². The van der Waals surface area contributed by atoms with Crippen LogP contribution in [0.5, 0.6) is 5.75 Å². The van der Waals surface area contributed by atoms with Crippen LogP contribution in [0.4, 0.5) is 0 Å². The minimum atomic E-state index is 0.457. The van der Waals surface area contributed by atoms with Gasteiger partial charge in [-0.15, -0.1) is 0 Å². The molecule has 4 heteroatoms. The molecule has 0 bridgehead atoms. The molecule has 0 fully saturated rings. The second-order valence-corrected chi connectivity index (χ2v) is 3.86. The molecule has 2 aromatic rings. The van der Waals surface area contributed by atoms with E-state index in [9.17, 15) is 0 Å². The molecule has 15 heavy (non-hydrogen) atoms. The Morgan fingerprint density at radius 1 is 1.27 bits per heavy atom. The highest BCUT2D eigenvalue weighted by Gasteiger charge is 1.96. The van der Waals surface area contributed by atoms with E-state index >= 15 is 0 Å². The lowest BCUT2D eigenvalue weighted by Crippen LogP contribution is -1.97. The van der Waals surface area contributed by atoms with Crippen LogP contribution in [0.3, 0.4) is 0 Å². The lowest BCUT2D eigenvalue weighted by molar-refractivity contribution is 0.301. The number of hydrogen-bond acceptors (Lipinski definition) is 3. The van der Waals surface area contributed by atoms with Crippen molar-refractivity contribution in [2.75, 3.05) is 0 Å². The van der Waals surface area contributed by atoms with Crippen LogP contribution in [-0.4, -0.2) is 9.97 Å². The van der Waals surface area contributed by atoms with Crippen molar-refractivity contribution in [1.29, 1.82) is 0 Å². The summed E-state index contributed by atoms with van der Waals surface area (Å²) in [7, 11) is 0. The quantitative estimate of drug-likeness (QED) is 0.855. The first-order valence-corrected chi connectivity index (χ1v) is 5.27. The first-order valence-electron chi connectivity index (χ1n) is 4.48. The summed E-state index contributed by atoms with van der Waals surface area (Å²) in [5.74, 6) is 0.822. The Balaban J connectivity index is 1.99. The summed E-state index contributed by atoms with van der Waals surface area (Å²) in [6.45, 7) is 0.457.